The van der Waals surface area contributed by atoms with Crippen molar-refractivity contribution in [1.29, 1.82) is 0 Å². The molecule has 2 aromatic heterocycles. The second-order valence-corrected chi connectivity index (χ2v) is 7.94. The number of rotatable bonds is 6. The molecule has 4 aromatic rings. The van der Waals surface area contributed by atoms with Gasteiger partial charge in [-0.25, -0.2) is 14.6 Å². The van der Waals surface area contributed by atoms with Gasteiger partial charge in [0, 0.05) is 29.0 Å². The SMILES string of the molecule is Cc1nc(COc2ccc(/C=C/C(=O)Oc3ccc4c(C)cc(=O)oc4c3)cc2)cs1. The Labute approximate surface area is 182 Å². The summed E-state index contributed by atoms with van der Waals surface area (Å²) < 4.78 is 16.2. The normalized spacial score (nSPS) is 11.2. The fraction of sp³-hybridized carbons (Fsp3) is 0.125. The Balaban J connectivity index is 1.36. The number of thiazole rings is 1. The summed E-state index contributed by atoms with van der Waals surface area (Å²) in [6.45, 7) is 4.19. The second-order valence-electron chi connectivity index (χ2n) is 6.88. The monoisotopic (exact) mass is 433 g/mol. The summed E-state index contributed by atoms with van der Waals surface area (Å²) >= 11 is 1.59. The lowest BCUT2D eigenvalue weighted by Crippen LogP contribution is -2.04. The van der Waals surface area contributed by atoms with Crippen molar-refractivity contribution in [3.8, 4) is 11.5 Å². The Kier molecular flexibility index (Phi) is 5.95. The topological polar surface area (TPSA) is 78.6 Å². The van der Waals surface area contributed by atoms with Crippen LogP contribution < -0.4 is 15.1 Å². The van der Waals surface area contributed by atoms with Crippen LogP contribution in [0.15, 0.2) is 69.2 Å². The lowest BCUT2D eigenvalue weighted by molar-refractivity contribution is -0.128. The molecule has 0 N–H and O–H groups in total. The first kappa shape index (κ1) is 20.6. The average molecular weight is 433 g/mol. The van der Waals surface area contributed by atoms with Crippen molar-refractivity contribution in [3.05, 3.63) is 92.2 Å². The van der Waals surface area contributed by atoms with Gasteiger partial charge in [0.1, 0.15) is 23.7 Å². The van der Waals surface area contributed by atoms with Gasteiger partial charge in [-0.15, -0.1) is 11.3 Å². The highest BCUT2D eigenvalue weighted by Gasteiger charge is 2.07. The van der Waals surface area contributed by atoms with Gasteiger partial charge in [-0.2, -0.15) is 0 Å². The minimum absolute atomic E-state index is 0.303. The van der Waals surface area contributed by atoms with Crippen LogP contribution in [0.1, 0.15) is 21.8 Å². The van der Waals surface area contributed by atoms with E-state index >= 15 is 0 Å². The van der Waals surface area contributed by atoms with Crippen LogP contribution in [0.3, 0.4) is 0 Å². The number of benzene rings is 2. The van der Waals surface area contributed by atoms with Crippen LogP contribution in [0.4, 0.5) is 0 Å². The smallest absolute Gasteiger partial charge is 0.336 e. The first-order valence-corrected chi connectivity index (χ1v) is 10.4. The predicted molar refractivity (Wildman–Crippen MR) is 120 cm³/mol. The van der Waals surface area contributed by atoms with Gasteiger partial charge in [0.25, 0.3) is 0 Å². The summed E-state index contributed by atoms with van der Waals surface area (Å²) in [6.07, 6.45) is 2.99. The van der Waals surface area contributed by atoms with Crippen molar-refractivity contribution in [2.75, 3.05) is 0 Å². The summed E-state index contributed by atoms with van der Waals surface area (Å²) in [5.74, 6) is 0.490. The van der Waals surface area contributed by atoms with Crippen LogP contribution in [0, 0.1) is 13.8 Å². The molecule has 4 rings (SSSR count). The van der Waals surface area contributed by atoms with Crippen molar-refractivity contribution >= 4 is 34.4 Å². The fourth-order valence-electron chi connectivity index (χ4n) is 2.99. The van der Waals surface area contributed by atoms with E-state index in [1.165, 1.54) is 18.2 Å². The van der Waals surface area contributed by atoms with Crippen LogP contribution in [-0.2, 0) is 11.4 Å². The Bertz CT molecular complexity index is 1320. The third-order valence-electron chi connectivity index (χ3n) is 4.49. The highest BCUT2D eigenvalue weighted by atomic mass is 32.1. The van der Waals surface area contributed by atoms with Gasteiger partial charge in [-0.3, -0.25) is 0 Å². The lowest BCUT2D eigenvalue weighted by Gasteiger charge is -2.05. The van der Waals surface area contributed by atoms with Crippen molar-refractivity contribution in [2.24, 2.45) is 0 Å². The van der Waals surface area contributed by atoms with Crippen molar-refractivity contribution in [3.63, 3.8) is 0 Å². The maximum absolute atomic E-state index is 12.2. The molecule has 0 spiro atoms. The van der Waals surface area contributed by atoms with Gasteiger partial charge in [-0.1, -0.05) is 12.1 Å². The van der Waals surface area contributed by atoms with E-state index in [0.717, 1.165) is 33.0 Å². The highest BCUT2D eigenvalue weighted by Crippen LogP contribution is 2.22. The zero-order valence-electron chi connectivity index (χ0n) is 17.0. The van der Waals surface area contributed by atoms with Gasteiger partial charge >= 0.3 is 11.6 Å². The van der Waals surface area contributed by atoms with Crippen molar-refractivity contribution in [1.82, 2.24) is 4.98 Å². The number of fused-ring (bicyclic) bond motifs is 1. The van der Waals surface area contributed by atoms with E-state index in [1.54, 1.807) is 29.5 Å². The summed E-state index contributed by atoms with van der Waals surface area (Å²) in [5, 5.41) is 3.78. The van der Waals surface area contributed by atoms with Crippen LogP contribution in [0.5, 0.6) is 11.5 Å². The van der Waals surface area contributed by atoms with Crippen LogP contribution in [-0.4, -0.2) is 11.0 Å². The number of ether oxygens (including phenoxy) is 2. The molecule has 2 aromatic carbocycles. The van der Waals surface area contributed by atoms with E-state index in [-0.39, 0.29) is 0 Å². The number of hydrogen-bond acceptors (Lipinski definition) is 7. The van der Waals surface area contributed by atoms with E-state index < -0.39 is 11.6 Å². The Morgan fingerprint density at radius 2 is 1.87 bits per heavy atom. The number of esters is 1. The molecule has 156 valence electrons. The maximum atomic E-state index is 12.2. The number of hydrogen-bond donors (Lipinski definition) is 0. The standard InChI is InChI=1S/C24H19NO5S/c1-15-11-24(27)30-22-12-20(8-9-21(15)22)29-23(26)10-5-17-3-6-19(7-4-17)28-13-18-14-31-16(2)25-18/h3-12,14H,13H2,1-2H3/b10-5+. The van der Waals surface area contributed by atoms with Crippen LogP contribution in [0.25, 0.3) is 17.0 Å². The summed E-state index contributed by atoms with van der Waals surface area (Å²) in [4.78, 5) is 28.1. The molecule has 0 fully saturated rings. The summed E-state index contributed by atoms with van der Waals surface area (Å²) in [6, 6.07) is 13.7. The fourth-order valence-corrected chi connectivity index (χ4v) is 3.59. The Morgan fingerprint density at radius 1 is 1.10 bits per heavy atom. The van der Waals surface area contributed by atoms with Gasteiger partial charge in [-0.05, 0) is 55.3 Å². The van der Waals surface area contributed by atoms with Crippen LogP contribution in [0.2, 0.25) is 0 Å². The van der Waals surface area contributed by atoms with E-state index in [0.29, 0.717) is 17.9 Å². The molecule has 0 saturated heterocycles. The largest absolute Gasteiger partial charge is 0.487 e. The minimum atomic E-state index is -0.534. The summed E-state index contributed by atoms with van der Waals surface area (Å²) in [5.41, 5.74) is 2.47. The number of carbonyl (C=O) groups is 1. The van der Waals surface area contributed by atoms with Gasteiger partial charge in [0.05, 0.1) is 10.7 Å². The molecule has 0 atom stereocenters. The van der Waals surface area contributed by atoms with Gasteiger partial charge in [0.2, 0.25) is 0 Å². The highest BCUT2D eigenvalue weighted by molar-refractivity contribution is 7.09. The molecule has 0 unspecified atom stereocenters. The lowest BCUT2D eigenvalue weighted by atomic mass is 10.1. The summed E-state index contributed by atoms with van der Waals surface area (Å²) in [7, 11) is 0. The molecule has 0 amide bonds. The Hall–Kier alpha value is -3.71. The van der Waals surface area contributed by atoms with Crippen molar-refractivity contribution < 1.29 is 18.7 Å². The van der Waals surface area contributed by atoms with E-state index in [9.17, 15) is 9.59 Å². The molecule has 2 heterocycles. The maximum Gasteiger partial charge on any atom is 0.336 e. The predicted octanol–water partition coefficient (Wildman–Crippen LogP) is 5.06. The molecule has 0 aliphatic carbocycles. The molecular weight excluding hydrogens is 414 g/mol. The molecule has 0 aliphatic heterocycles. The number of aromatic nitrogens is 1. The molecule has 31 heavy (non-hydrogen) atoms. The van der Waals surface area contributed by atoms with Gasteiger partial charge < -0.3 is 13.9 Å². The van der Waals surface area contributed by atoms with Crippen molar-refractivity contribution in [2.45, 2.75) is 20.5 Å². The molecule has 0 saturated carbocycles. The van der Waals surface area contributed by atoms with Crippen LogP contribution >= 0.6 is 11.3 Å². The Morgan fingerprint density at radius 3 is 2.61 bits per heavy atom. The quantitative estimate of drug-likeness (QED) is 0.183. The molecule has 0 bridgehead atoms. The molecular formula is C24H19NO5S. The van der Waals surface area contributed by atoms with E-state index in [2.05, 4.69) is 4.98 Å². The molecule has 0 aliphatic rings. The third-order valence-corrected chi connectivity index (χ3v) is 5.31. The average Bonchev–Trinajstić information content (AvgIpc) is 3.16. The second kappa shape index (κ2) is 8.97. The first-order chi connectivity index (χ1) is 15.0. The first-order valence-electron chi connectivity index (χ1n) is 9.54. The zero-order chi connectivity index (χ0) is 21.8. The zero-order valence-corrected chi connectivity index (χ0v) is 17.8. The van der Waals surface area contributed by atoms with E-state index in [1.807, 2.05) is 43.5 Å². The molecule has 7 heteroatoms. The third kappa shape index (κ3) is 5.26. The molecule has 0 radical (unpaired) electrons. The van der Waals surface area contributed by atoms with Gasteiger partial charge in [0.15, 0.2) is 0 Å². The number of nitrogens with zero attached hydrogens (tertiary/aromatic N) is 1. The minimum Gasteiger partial charge on any atom is -0.487 e. The molecule has 6 nitrogen and oxygen atoms in total. The van der Waals surface area contributed by atoms with E-state index in [4.69, 9.17) is 13.9 Å². The number of carbonyl (C=O) groups excluding carboxylic acids is 1. The number of aryl methyl sites for hydroxylation is 2.